The van der Waals surface area contributed by atoms with Crippen LogP contribution < -0.4 is 16.4 Å². The summed E-state index contributed by atoms with van der Waals surface area (Å²) in [5, 5.41) is 6.25. The van der Waals surface area contributed by atoms with Crippen molar-refractivity contribution in [1.29, 1.82) is 0 Å². The molecule has 5 heteroatoms. The first-order chi connectivity index (χ1) is 6.80. The molecule has 4 nitrogen and oxygen atoms in total. The summed E-state index contributed by atoms with van der Waals surface area (Å²) in [6.45, 7) is 2.27. The topological polar surface area (TPSA) is 67.2 Å². The van der Waals surface area contributed by atoms with Crippen molar-refractivity contribution in [3.63, 3.8) is 0 Å². The van der Waals surface area contributed by atoms with E-state index in [-0.39, 0.29) is 11.9 Å². The fourth-order valence-corrected chi connectivity index (χ4v) is 1.91. The number of hydrogen-bond acceptors (Lipinski definition) is 4. The second-order valence-electron chi connectivity index (χ2n) is 2.95. The van der Waals surface area contributed by atoms with E-state index in [1.807, 2.05) is 0 Å². The average molecular weight is 213 g/mol. The van der Waals surface area contributed by atoms with Crippen LogP contribution in [0.3, 0.4) is 0 Å². The Bertz CT molecular complexity index is 246. The third-order valence-electron chi connectivity index (χ3n) is 1.83. The fourth-order valence-electron chi connectivity index (χ4n) is 1.07. The molecule has 0 aromatic heterocycles. The van der Waals surface area contributed by atoms with Crippen molar-refractivity contribution in [2.75, 3.05) is 31.1 Å². The molecule has 0 aromatic rings. The Morgan fingerprint density at radius 1 is 1.43 bits per heavy atom. The number of carbonyl (C=O) groups excluding carboxylic acids is 1. The molecule has 1 aliphatic heterocycles. The molecule has 1 aliphatic rings. The highest BCUT2D eigenvalue weighted by atomic mass is 32.2. The maximum Gasteiger partial charge on any atom is 0.235 e. The van der Waals surface area contributed by atoms with Crippen LogP contribution in [-0.2, 0) is 4.79 Å². The van der Waals surface area contributed by atoms with E-state index < -0.39 is 0 Å². The highest BCUT2D eigenvalue weighted by molar-refractivity contribution is 7.99. The Balaban J connectivity index is 2.40. The minimum atomic E-state index is -0.287. The van der Waals surface area contributed by atoms with E-state index in [4.69, 9.17) is 5.73 Å². The number of nitrogens with two attached hydrogens (primary N) is 1. The third-order valence-corrected chi connectivity index (χ3v) is 2.75. The Morgan fingerprint density at radius 3 is 3.07 bits per heavy atom. The van der Waals surface area contributed by atoms with Crippen LogP contribution in [0.4, 0.5) is 0 Å². The van der Waals surface area contributed by atoms with Gasteiger partial charge in [0.1, 0.15) is 0 Å². The molecule has 0 spiro atoms. The van der Waals surface area contributed by atoms with Crippen molar-refractivity contribution in [3.8, 4) is 11.8 Å². The van der Waals surface area contributed by atoms with Gasteiger partial charge >= 0.3 is 0 Å². The highest BCUT2D eigenvalue weighted by Gasteiger charge is 2.13. The quantitative estimate of drug-likeness (QED) is 0.477. The van der Waals surface area contributed by atoms with E-state index in [0.29, 0.717) is 12.3 Å². The monoisotopic (exact) mass is 213 g/mol. The summed E-state index contributed by atoms with van der Waals surface area (Å²) in [6.07, 6.45) is 0. The summed E-state index contributed by atoms with van der Waals surface area (Å²) in [5.74, 6) is 7.18. The first-order valence-corrected chi connectivity index (χ1v) is 5.73. The first kappa shape index (κ1) is 11.4. The SMILES string of the molecule is NC(=O)C1CSCC#CCNCCN1. The van der Waals surface area contributed by atoms with Crippen LogP contribution in [0.2, 0.25) is 0 Å². The van der Waals surface area contributed by atoms with Crippen molar-refractivity contribution in [2.24, 2.45) is 5.73 Å². The summed E-state index contributed by atoms with van der Waals surface area (Å²) in [5.41, 5.74) is 5.25. The molecular formula is C9H15N3OS. The van der Waals surface area contributed by atoms with Gasteiger partial charge in [-0.3, -0.25) is 4.79 Å². The zero-order valence-corrected chi connectivity index (χ0v) is 8.82. The van der Waals surface area contributed by atoms with Gasteiger partial charge in [0.05, 0.1) is 18.3 Å². The molecule has 1 rings (SSSR count). The number of thioether (sulfide) groups is 1. The second-order valence-corrected chi connectivity index (χ2v) is 3.98. The van der Waals surface area contributed by atoms with Crippen molar-refractivity contribution in [3.05, 3.63) is 0 Å². The molecule has 1 heterocycles. The lowest BCUT2D eigenvalue weighted by Crippen LogP contribution is -2.45. The summed E-state index contributed by atoms with van der Waals surface area (Å²) in [4.78, 5) is 11.0. The van der Waals surface area contributed by atoms with E-state index >= 15 is 0 Å². The summed E-state index contributed by atoms with van der Waals surface area (Å²) in [7, 11) is 0. The summed E-state index contributed by atoms with van der Waals surface area (Å²) < 4.78 is 0. The lowest BCUT2D eigenvalue weighted by atomic mass is 10.3. The Hall–Kier alpha value is -0.700. The van der Waals surface area contributed by atoms with Gasteiger partial charge in [0, 0.05) is 18.8 Å². The van der Waals surface area contributed by atoms with E-state index in [0.717, 1.165) is 18.8 Å². The largest absolute Gasteiger partial charge is 0.368 e. The molecule has 0 fully saturated rings. The van der Waals surface area contributed by atoms with Gasteiger partial charge in [0.25, 0.3) is 0 Å². The molecule has 1 amide bonds. The van der Waals surface area contributed by atoms with Gasteiger partial charge in [-0.25, -0.2) is 0 Å². The van der Waals surface area contributed by atoms with E-state index in [1.165, 1.54) is 0 Å². The van der Waals surface area contributed by atoms with Crippen LogP contribution >= 0.6 is 11.8 Å². The van der Waals surface area contributed by atoms with Gasteiger partial charge in [-0.15, -0.1) is 11.8 Å². The van der Waals surface area contributed by atoms with E-state index in [2.05, 4.69) is 22.5 Å². The van der Waals surface area contributed by atoms with Crippen LogP contribution in [0.5, 0.6) is 0 Å². The maximum absolute atomic E-state index is 11.0. The average Bonchev–Trinajstić information content (AvgIpc) is 2.21. The molecule has 0 saturated carbocycles. The van der Waals surface area contributed by atoms with Gasteiger partial charge in [0.15, 0.2) is 0 Å². The minimum absolute atomic E-state index is 0.235. The van der Waals surface area contributed by atoms with E-state index in [1.54, 1.807) is 11.8 Å². The molecule has 1 atom stereocenters. The Kier molecular flexibility index (Phi) is 5.45. The predicted octanol–water partition coefficient (Wildman–Crippen LogP) is -1.23. The smallest absolute Gasteiger partial charge is 0.235 e. The summed E-state index contributed by atoms with van der Waals surface area (Å²) in [6, 6.07) is -0.235. The van der Waals surface area contributed by atoms with Crippen molar-refractivity contribution >= 4 is 17.7 Å². The number of nitrogens with one attached hydrogen (secondary N) is 2. The normalized spacial score (nSPS) is 24.1. The second kappa shape index (κ2) is 6.71. The van der Waals surface area contributed by atoms with E-state index in [9.17, 15) is 4.79 Å². The Labute approximate surface area is 88.4 Å². The van der Waals surface area contributed by atoms with Gasteiger partial charge in [-0.1, -0.05) is 11.8 Å². The highest BCUT2D eigenvalue weighted by Crippen LogP contribution is 2.01. The zero-order chi connectivity index (χ0) is 10.2. The number of hydrogen-bond donors (Lipinski definition) is 3. The number of carbonyl (C=O) groups is 1. The van der Waals surface area contributed by atoms with Crippen molar-refractivity contribution in [2.45, 2.75) is 6.04 Å². The molecule has 0 saturated heterocycles. The molecule has 78 valence electrons. The summed E-state index contributed by atoms with van der Waals surface area (Å²) >= 11 is 1.63. The zero-order valence-electron chi connectivity index (χ0n) is 8.01. The van der Waals surface area contributed by atoms with Crippen LogP contribution in [-0.4, -0.2) is 43.1 Å². The van der Waals surface area contributed by atoms with Gasteiger partial charge in [0.2, 0.25) is 5.91 Å². The third kappa shape index (κ3) is 4.51. The molecule has 0 aromatic carbocycles. The number of rotatable bonds is 1. The van der Waals surface area contributed by atoms with Crippen molar-refractivity contribution < 1.29 is 4.79 Å². The number of amides is 1. The molecular weight excluding hydrogens is 198 g/mol. The minimum Gasteiger partial charge on any atom is -0.368 e. The Morgan fingerprint density at radius 2 is 2.29 bits per heavy atom. The fraction of sp³-hybridized carbons (Fsp3) is 0.667. The van der Waals surface area contributed by atoms with Crippen LogP contribution in [0, 0.1) is 11.8 Å². The lowest BCUT2D eigenvalue weighted by molar-refractivity contribution is -0.119. The van der Waals surface area contributed by atoms with Crippen LogP contribution in [0.15, 0.2) is 0 Å². The molecule has 0 radical (unpaired) electrons. The van der Waals surface area contributed by atoms with Gasteiger partial charge < -0.3 is 16.4 Å². The van der Waals surface area contributed by atoms with Crippen molar-refractivity contribution in [1.82, 2.24) is 10.6 Å². The maximum atomic E-state index is 11.0. The number of primary amides is 1. The van der Waals surface area contributed by atoms with Gasteiger partial charge in [-0.2, -0.15) is 0 Å². The standard InChI is InChI=1S/C9H15N3OS/c10-9(13)8-7-14-6-2-1-3-11-4-5-12-8/h8,11-12H,3-7H2,(H2,10,13). The molecule has 14 heavy (non-hydrogen) atoms. The molecule has 4 N–H and O–H groups in total. The molecule has 0 aliphatic carbocycles. The van der Waals surface area contributed by atoms with Crippen LogP contribution in [0.25, 0.3) is 0 Å². The van der Waals surface area contributed by atoms with Gasteiger partial charge in [-0.05, 0) is 0 Å². The van der Waals surface area contributed by atoms with Crippen LogP contribution in [0.1, 0.15) is 0 Å². The lowest BCUT2D eigenvalue weighted by Gasteiger charge is -2.13. The molecule has 0 bridgehead atoms. The molecule has 1 unspecified atom stereocenters. The first-order valence-electron chi connectivity index (χ1n) is 4.57. The predicted molar refractivity (Wildman–Crippen MR) is 59.0 cm³/mol.